The molecule has 0 bridgehead atoms. The number of hydrogen-bond acceptors (Lipinski definition) is 1. The van der Waals surface area contributed by atoms with Crippen LogP contribution in [-0.2, 0) is 5.60 Å². The monoisotopic (exact) mass is 254 g/mol. The molecule has 0 aliphatic heterocycles. The molecule has 1 aromatic rings. The van der Waals surface area contributed by atoms with E-state index >= 15 is 0 Å². The molecule has 0 aromatic heterocycles. The normalized spacial score (nSPS) is 30.7. The fourth-order valence-corrected chi connectivity index (χ4v) is 3.36. The molecule has 2 rings (SSSR count). The molecule has 0 saturated heterocycles. The van der Waals surface area contributed by atoms with Crippen LogP contribution in [0.5, 0.6) is 0 Å². The summed E-state index contributed by atoms with van der Waals surface area (Å²) in [6.07, 6.45) is 1.15. The van der Waals surface area contributed by atoms with Crippen LogP contribution in [0.25, 0.3) is 0 Å². The minimum atomic E-state index is -1.40. The summed E-state index contributed by atoms with van der Waals surface area (Å²) in [7, 11) is 0. The van der Waals surface area contributed by atoms with Gasteiger partial charge in [0.15, 0.2) is 0 Å². The number of benzene rings is 1. The Kier molecular flexibility index (Phi) is 3.01. The van der Waals surface area contributed by atoms with Crippen molar-refractivity contribution in [1.82, 2.24) is 0 Å². The van der Waals surface area contributed by atoms with Gasteiger partial charge in [-0.25, -0.2) is 8.78 Å². The zero-order valence-corrected chi connectivity index (χ0v) is 11.3. The van der Waals surface area contributed by atoms with Gasteiger partial charge in [0.1, 0.15) is 11.6 Å². The molecule has 1 fully saturated rings. The third-order valence-electron chi connectivity index (χ3n) is 4.14. The lowest BCUT2D eigenvalue weighted by molar-refractivity contribution is -0.00756. The van der Waals surface area contributed by atoms with Gasteiger partial charge in [0, 0.05) is 0 Å². The number of aryl methyl sites for hydroxylation is 1. The minimum Gasteiger partial charge on any atom is -0.385 e. The van der Waals surface area contributed by atoms with Gasteiger partial charge < -0.3 is 5.11 Å². The number of rotatable bonds is 1. The summed E-state index contributed by atoms with van der Waals surface area (Å²) >= 11 is 0. The van der Waals surface area contributed by atoms with Gasteiger partial charge in [-0.05, 0) is 42.7 Å². The first-order chi connectivity index (χ1) is 8.17. The Morgan fingerprint density at radius 2 is 1.89 bits per heavy atom. The molecule has 0 radical (unpaired) electrons. The van der Waals surface area contributed by atoms with E-state index in [9.17, 15) is 13.9 Å². The van der Waals surface area contributed by atoms with Crippen molar-refractivity contribution in [3.05, 3.63) is 34.9 Å². The second-order valence-electron chi connectivity index (χ2n) is 6.42. The molecule has 1 aliphatic rings. The number of hydrogen-bond donors (Lipinski definition) is 1. The van der Waals surface area contributed by atoms with Crippen molar-refractivity contribution in [2.45, 2.75) is 46.1 Å². The zero-order valence-electron chi connectivity index (χ0n) is 11.3. The van der Waals surface area contributed by atoms with Crippen LogP contribution in [0.15, 0.2) is 12.1 Å². The highest BCUT2D eigenvalue weighted by Gasteiger charge is 2.51. The second-order valence-corrected chi connectivity index (χ2v) is 6.42. The number of aliphatic hydroxyl groups is 1. The van der Waals surface area contributed by atoms with E-state index in [2.05, 4.69) is 0 Å². The molecule has 18 heavy (non-hydrogen) atoms. The Bertz CT molecular complexity index is 482. The molecule has 1 nitrogen and oxygen atoms in total. The molecule has 0 heterocycles. The highest BCUT2D eigenvalue weighted by atomic mass is 19.1. The van der Waals surface area contributed by atoms with Crippen LogP contribution in [0.4, 0.5) is 8.78 Å². The zero-order chi connectivity index (χ0) is 13.7. The Morgan fingerprint density at radius 1 is 1.28 bits per heavy atom. The quantitative estimate of drug-likeness (QED) is 0.805. The van der Waals surface area contributed by atoms with Crippen molar-refractivity contribution in [3.8, 4) is 0 Å². The van der Waals surface area contributed by atoms with E-state index in [-0.39, 0.29) is 16.9 Å². The van der Waals surface area contributed by atoms with E-state index in [1.54, 1.807) is 6.92 Å². The summed E-state index contributed by atoms with van der Waals surface area (Å²) in [6, 6.07) is 2.64. The lowest BCUT2D eigenvalue weighted by Crippen LogP contribution is -2.32. The van der Waals surface area contributed by atoms with E-state index in [1.165, 1.54) is 12.1 Å². The van der Waals surface area contributed by atoms with Crippen molar-refractivity contribution >= 4 is 0 Å². The molecule has 100 valence electrons. The Morgan fingerprint density at radius 3 is 2.39 bits per heavy atom. The maximum absolute atomic E-state index is 14.2. The van der Waals surface area contributed by atoms with Crippen LogP contribution < -0.4 is 0 Å². The first-order valence-corrected chi connectivity index (χ1v) is 6.35. The van der Waals surface area contributed by atoms with Gasteiger partial charge in [-0.1, -0.05) is 26.8 Å². The van der Waals surface area contributed by atoms with Gasteiger partial charge >= 0.3 is 0 Å². The van der Waals surface area contributed by atoms with Crippen LogP contribution in [0, 0.1) is 29.9 Å². The Hall–Kier alpha value is -0.960. The largest absolute Gasteiger partial charge is 0.385 e. The predicted octanol–water partition coefficient (Wildman–Crippen LogP) is 3.92. The smallest absolute Gasteiger partial charge is 0.135 e. The van der Waals surface area contributed by atoms with E-state index < -0.39 is 17.2 Å². The average Bonchev–Trinajstić information content (AvgIpc) is 2.42. The van der Waals surface area contributed by atoms with Crippen LogP contribution in [0.1, 0.15) is 44.7 Å². The maximum atomic E-state index is 14.2. The topological polar surface area (TPSA) is 20.2 Å². The number of halogens is 2. The second kappa shape index (κ2) is 4.02. The van der Waals surface area contributed by atoms with Crippen molar-refractivity contribution in [1.29, 1.82) is 0 Å². The van der Waals surface area contributed by atoms with Gasteiger partial charge in [0.2, 0.25) is 0 Å². The van der Waals surface area contributed by atoms with Gasteiger partial charge in [-0.2, -0.15) is 0 Å². The maximum Gasteiger partial charge on any atom is 0.135 e. The third-order valence-corrected chi connectivity index (χ3v) is 4.14. The molecular formula is C15H20F2O. The van der Waals surface area contributed by atoms with Crippen LogP contribution in [0.2, 0.25) is 0 Å². The summed E-state index contributed by atoms with van der Waals surface area (Å²) in [5.74, 6) is -1.41. The van der Waals surface area contributed by atoms with Crippen molar-refractivity contribution in [2.24, 2.45) is 11.3 Å². The average molecular weight is 254 g/mol. The highest BCUT2D eigenvalue weighted by molar-refractivity contribution is 5.33. The van der Waals surface area contributed by atoms with E-state index in [1.807, 2.05) is 20.8 Å². The molecule has 1 N–H and O–H groups in total. The fourth-order valence-electron chi connectivity index (χ4n) is 3.36. The lowest BCUT2D eigenvalue weighted by atomic mass is 9.82. The molecule has 1 saturated carbocycles. The van der Waals surface area contributed by atoms with Gasteiger partial charge in [-0.3, -0.25) is 0 Å². The molecule has 0 spiro atoms. The van der Waals surface area contributed by atoms with Crippen molar-refractivity contribution in [2.75, 3.05) is 0 Å². The standard InChI is InChI=1S/C15H20F2O/c1-9-5-6-11(16)12(13(9)17)15(18)8-14(3,4)7-10(15)2/h5-6,10,18H,7-8H2,1-4H3. The Labute approximate surface area is 107 Å². The molecule has 1 aliphatic carbocycles. The van der Waals surface area contributed by atoms with Crippen molar-refractivity contribution < 1.29 is 13.9 Å². The SMILES string of the molecule is Cc1ccc(F)c(C2(O)CC(C)(C)CC2C)c1F. The first-order valence-electron chi connectivity index (χ1n) is 6.35. The summed E-state index contributed by atoms with van der Waals surface area (Å²) in [6.45, 7) is 7.49. The Balaban J connectivity index is 2.59. The highest BCUT2D eigenvalue weighted by Crippen LogP contribution is 2.53. The van der Waals surface area contributed by atoms with Gasteiger partial charge in [-0.15, -0.1) is 0 Å². The van der Waals surface area contributed by atoms with Crippen LogP contribution in [0.3, 0.4) is 0 Å². The molecule has 2 unspecified atom stereocenters. The third kappa shape index (κ3) is 1.95. The summed E-state index contributed by atoms with van der Waals surface area (Å²) in [4.78, 5) is 0. The summed E-state index contributed by atoms with van der Waals surface area (Å²) in [5.41, 5.74) is -1.28. The first kappa shape index (κ1) is 13.5. The molecule has 3 heteroatoms. The van der Waals surface area contributed by atoms with Crippen LogP contribution >= 0.6 is 0 Å². The molecule has 0 amide bonds. The van der Waals surface area contributed by atoms with E-state index in [0.29, 0.717) is 12.0 Å². The van der Waals surface area contributed by atoms with Gasteiger partial charge in [0.05, 0.1) is 11.2 Å². The van der Waals surface area contributed by atoms with Gasteiger partial charge in [0.25, 0.3) is 0 Å². The van der Waals surface area contributed by atoms with E-state index in [4.69, 9.17) is 0 Å². The summed E-state index contributed by atoms with van der Waals surface area (Å²) in [5, 5.41) is 10.8. The minimum absolute atomic E-state index is 0.100. The van der Waals surface area contributed by atoms with Crippen molar-refractivity contribution in [3.63, 3.8) is 0 Å². The summed E-state index contributed by atoms with van der Waals surface area (Å²) < 4.78 is 28.1. The lowest BCUT2D eigenvalue weighted by Gasteiger charge is -2.30. The molecule has 2 atom stereocenters. The molecule has 1 aromatic carbocycles. The van der Waals surface area contributed by atoms with Crippen LogP contribution in [-0.4, -0.2) is 5.11 Å². The molecular weight excluding hydrogens is 234 g/mol. The van der Waals surface area contributed by atoms with E-state index in [0.717, 1.165) is 6.42 Å². The fraction of sp³-hybridized carbons (Fsp3) is 0.600. The predicted molar refractivity (Wildman–Crippen MR) is 67.2 cm³/mol.